The quantitative estimate of drug-likeness (QED) is 0.355. The highest BCUT2D eigenvalue weighted by Gasteiger charge is 2.34. The Morgan fingerprint density at radius 2 is 1.72 bits per heavy atom. The zero-order chi connectivity index (χ0) is 27.6. The number of carbonyl (C=O) groups is 3. The van der Waals surface area contributed by atoms with Crippen molar-refractivity contribution >= 4 is 29.2 Å². The van der Waals surface area contributed by atoms with Crippen LogP contribution in [0.3, 0.4) is 0 Å². The number of aromatic nitrogens is 1. The number of benzene rings is 2. The first-order valence-electron chi connectivity index (χ1n) is 13.2. The van der Waals surface area contributed by atoms with Crippen molar-refractivity contribution in [1.82, 2.24) is 10.3 Å². The third-order valence-electron chi connectivity index (χ3n) is 6.74. The van der Waals surface area contributed by atoms with Crippen LogP contribution in [0.15, 0.2) is 72.9 Å². The van der Waals surface area contributed by atoms with Gasteiger partial charge < -0.3 is 15.4 Å². The fraction of sp³-hybridized carbons (Fsp3) is 0.333. The molecule has 0 bridgehead atoms. The van der Waals surface area contributed by atoms with Gasteiger partial charge in [-0.05, 0) is 73.4 Å². The Balaban J connectivity index is 1.57. The molecule has 3 aromatic rings. The molecule has 1 unspecified atom stereocenters. The zero-order valence-corrected chi connectivity index (χ0v) is 21.9. The van der Waals surface area contributed by atoms with Crippen LogP contribution in [0, 0.1) is 5.82 Å². The number of nitrogens with zero attached hydrogens (tertiary/aromatic N) is 2. The molecular weight excluding hydrogens is 499 g/mol. The Hall–Kier alpha value is -4.27. The third-order valence-corrected chi connectivity index (χ3v) is 6.74. The van der Waals surface area contributed by atoms with Crippen molar-refractivity contribution < 1.29 is 23.5 Å². The molecule has 1 aromatic heterocycles. The van der Waals surface area contributed by atoms with Crippen LogP contribution in [0.5, 0.6) is 5.75 Å². The van der Waals surface area contributed by atoms with Gasteiger partial charge >= 0.3 is 0 Å². The van der Waals surface area contributed by atoms with Gasteiger partial charge in [0.25, 0.3) is 0 Å². The van der Waals surface area contributed by atoms with E-state index in [1.165, 1.54) is 29.2 Å². The topological polar surface area (TPSA) is 101 Å². The van der Waals surface area contributed by atoms with E-state index in [1.807, 2.05) is 0 Å². The first-order valence-corrected chi connectivity index (χ1v) is 13.2. The van der Waals surface area contributed by atoms with E-state index in [2.05, 4.69) is 15.6 Å². The molecule has 1 fully saturated rings. The molecule has 1 aliphatic rings. The van der Waals surface area contributed by atoms with E-state index in [0.29, 0.717) is 22.8 Å². The van der Waals surface area contributed by atoms with Crippen LogP contribution >= 0.6 is 0 Å². The van der Waals surface area contributed by atoms with Gasteiger partial charge in [-0.3, -0.25) is 19.3 Å². The lowest BCUT2D eigenvalue weighted by molar-refractivity contribution is -0.127. The summed E-state index contributed by atoms with van der Waals surface area (Å²) in [6.45, 7) is 0. The predicted molar refractivity (Wildman–Crippen MR) is 147 cm³/mol. The minimum atomic E-state index is -0.989. The molecule has 9 heteroatoms. The number of amides is 3. The molecule has 8 nitrogen and oxygen atoms in total. The molecule has 0 spiro atoms. The minimum Gasteiger partial charge on any atom is -0.497 e. The number of nitrogens with one attached hydrogen (secondary N) is 2. The second-order valence-corrected chi connectivity index (χ2v) is 9.52. The maximum absolute atomic E-state index is 13.8. The van der Waals surface area contributed by atoms with E-state index in [0.717, 1.165) is 25.7 Å². The van der Waals surface area contributed by atoms with Crippen molar-refractivity contribution in [3.8, 4) is 5.75 Å². The maximum atomic E-state index is 13.8. The number of rotatable bonds is 11. The number of carbonyl (C=O) groups excluding carboxylic acids is 3. The Morgan fingerprint density at radius 3 is 2.36 bits per heavy atom. The molecule has 0 radical (unpaired) electrons. The Morgan fingerprint density at radius 1 is 1.00 bits per heavy atom. The molecule has 0 saturated heterocycles. The summed E-state index contributed by atoms with van der Waals surface area (Å²) in [6.07, 6.45) is 5.80. The minimum absolute atomic E-state index is 0.0103. The number of ether oxygens (including phenoxy) is 1. The second-order valence-electron chi connectivity index (χ2n) is 9.52. The molecule has 3 amide bonds. The summed E-state index contributed by atoms with van der Waals surface area (Å²) in [5.41, 5.74) is 0.985. The van der Waals surface area contributed by atoms with Gasteiger partial charge in [-0.1, -0.05) is 31.0 Å². The molecule has 1 aliphatic carbocycles. The maximum Gasteiger partial charge on any atom is 0.248 e. The van der Waals surface area contributed by atoms with Crippen molar-refractivity contribution in [3.05, 3.63) is 84.3 Å². The van der Waals surface area contributed by atoms with Crippen LogP contribution < -0.4 is 20.3 Å². The van der Waals surface area contributed by atoms with Gasteiger partial charge in [-0.15, -0.1) is 0 Å². The molecule has 2 aromatic carbocycles. The summed E-state index contributed by atoms with van der Waals surface area (Å²) in [5.74, 6) is -0.321. The monoisotopic (exact) mass is 532 g/mol. The fourth-order valence-electron chi connectivity index (χ4n) is 4.76. The lowest BCUT2D eigenvalue weighted by Gasteiger charge is -2.32. The number of pyridine rings is 1. The van der Waals surface area contributed by atoms with Crippen molar-refractivity contribution in [2.24, 2.45) is 0 Å². The van der Waals surface area contributed by atoms with Gasteiger partial charge in [0.2, 0.25) is 17.7 Å². The van der Waals surface area contributed by atoms with Gasteiger partial charge in [0.15, 0.2) is 0 Å². The van der Waals surface area contributed by atoms with Crippen molar-refractivity contribution in [2.75, 3.05) is 17.3 Å². The van der Waals surface area contributed by atoms with Gasteiger partial charge in [0.05, 0.1) is 7.11 Å². The van der Waals surface area contributed by atoms with Crippen molar-refractivity contribution in [3.63, 3.8) is 0 Å². The third kappa shape index (κ3) is 7.63. The van der Waals surface area contributed by atoms with E-state index in [4.69, 9.17) is 4.74 Å². The van der Waals surface area contributed by atoms with E-state index in [-0.39, 0.29) is 43.0 Å². The Bertz CT molecular complexity index is 1250. The zero-order valence-electron chi connectivity index (χ0n) is 21.9. The molecule has 1 saturated carbocycles. The van der Waals surface area contributed by atoms with Crippen LogP contribution in [0.25, 0.3) is 0 Å². The fourth-order valence-corrected chi connectivity index (χ4v) is 4.76. The van der Waals surface area contributed by atoms with Gasteiger partial charge in [-0.2, -0.15) is 0 Å². The summed E-state index contributed by atoms with van der Waals surface area (Å²) in [4.78, 5) is 45.4. The standard InChI is InChI=1S/C30H33FN4O4/c1-39-25-18-12-21(13-19-25)29(30(38)33-23-7-2-3-8-23)35(24-16-14-22(31)15-17-24)28(37)11-6-10-27(36)34-26-9-4-5-20-32-26/h4-5,9,12-20,23,29H,2-3,6-8,10-11H2,1H3,(H,33,38)(H,32,34,36). The van der Waals surface area contributed by atoms with E-state index in [1.54, 1.807) is 55.8 Å². The summed E-state index contributed by atoms with van der Waals surface area (Å²) < 4.78 is 19.1. The van der Waals surface area contributed by atoms with E-state index in [9.17, 15) is 18.8 Å². The normalized spacial score (nSPS) is 13.9. The Labute approximate surface area is 227 Å². The van der Waals surface area contributed by atoms with Gasteiger partial charge in [0.1, 0.15) is 23.4 Å². The van der Waals surface area contributed by atoms with Crippen LogP contribution in [0.4, 0.5) is 15.9 Å². The number of methoxy groups -OCH3 is 1. The smallest absolute Gasteiger partial charge is 0.248 e. The highest BCUT2D eigenvalue weighted by molar-refractivity contribution is 6.01. The number of hydrogen-bond acceptors (Lipinski definition) is 5. The molecule has 204 valence electrons. The molecule has 1 atom stereocenters. The van der Waals surface area contributed by atoms with E-state index >= 15 is 0 Å². The van der Waals surface area contributed by atoms with Crippen LogP contribution in [0.2, 0.25) is 0 Å². The average molecular weight is 533 g/mol. The van der Waals surface area contributed by atoms with E-state index < -0.39 is 11.9 Å². The summed E-state index contributed by atoms with van der Waals surface area (Å²) in [5, 5.41) is 5.82. The molecular formula is C30H33FN4O4. The average Bonchev–Trinajstić information content (AvgIpc) is 3.46. The lowest BCUT2D eigenvalue weighted by atomic mass is 10.0. The lowest BCUT2D eigenvalue weighted by Crippen LogP contribution is -2.46. The highest BCUT2D eigenvalue weighted by Crippen LogP contribution is 2.31. The first-order chi connectivity index (χ1) is 18.9. The first kappa shape index (κ1) is 27.8. The molecule has 1 heterocycles. The van der Waals surface area contributed by atoms with Crippen molar-refractivity contribution in [1.29, 1.82) is 0 Å². The summed E-state index contributed by atoms with van der Waals surface area (Å²) in [6, 6.07) is 16.7. The van der Waals surface area contributed by atoms with Crippen LogP contribution in [-0.4, -0.2) is 35.9 Å². The van der Waals surface area contributed by atoms with Crippen LogP contribution in [-0.2, 0) is 14.4 Å². The molecule has 39 heavy (non-hydrogen) atoms. The number of hydrogen-bond donors (Lipinski definition) is 2. The number of halogens is 1. The Kier molecular flexibility index (Phi) is 9.61. The number of anilines is 2. The van der Waals surface area contributed by atoms with Gasteiger partial charge in [-0.25, -0.2) is 9.37 Å². The van der Waals surface area contributed by atoms with Gasteiger partial charge in [0, 0.05) is 30.8 Å². The molecule has 0 aliphatic heterocycles. The SMILES string of the molecule is COc1ccc(C(C(=O)NC2CCCC2)N(C(=O)CCCC(=O)Nc2ccccn2)c2ccc(F)cc2)cc1. The van der Waals surface area contributed by atoms with Crippen molar-refractivity contribution in [2.45, 2.75) is 57.0 Å². The largest absolute Gasteiger partial charge is 0.497 e. The molecule has 4 rings (SSSR count). The summed E-state index contributed by atoms with van der Waals surface area (Å²) >= 11 is 0. The summed E-state index contributed by atoms with van der Waals surface area (Å²) in [7, 11) is 1.55. The second kappa shape index (κ2) is 13.5. The predicted octanol–water partition coefficient (Wildman–Crippen LogP) is 5.17. The molecule has 2 N–H and O–H groups in total. The highest BCUT2D eigenvalue weighted by atomic mass is 19.1. The van der Waals surface area contributed by atoms with Crippen LogP contribution in [0.1, 0.15) is 56.6 Å².